The molecule has 84 valence electrons. The van der Waals surface area contributed by atoms with Crippen molar-refractivity contribution in [1.82, 2.24) is 5.01 Å². The molecule has 2 heteroatoms. The minimum Gasteiger partial charge on any atom is -0.266 e. The molecule has 0 aromatic carbocycles. The summed E-state index contributed by atoms with van der Waals surface area (Å²) in [6.45, 7) is 17.5. The fraction of sp³-hybridized carbons (Fsp3) is 0.308. The Kier molecular flexibility index (Phi) is 13.2. The van der Waals surface area contributed by atoms with Crippen molar-refractivity contribution >= 4 is 6.72 Å². The molecule has 0 bridgehead atoms. The van der Waals surface area contributed by atoms with E-state index in [0.717, 1.165) is 12.2 Å². The van der Waals surface area contributed by atoms with Crippen LogP contribution in [0.3, 0.4) is 0 Å². The molecule has 0 radical (unpaired) electrons. The Morgan fingerprint density at radius 1 is 1.27 bits per heavy atom. The van der Waals surface area contributed by atoms with Gasteiger partial charge in [0.2, 0.25) is 0 Å². The Morgan fingerprint density at radius 3 is 2.20 bits per heavy atom. The average molecular weight is 206 g/mol. The summed E-state index contributed by atoms with van der Waals surface area (Å²) in [5.74, 6) is 0. The molecule has 0 spiro atoms. The van der Waals surface area contributed by atoms with Crippen LogP contribution in [0, 0.1) is 0 Å². The average Bonchev–Trinajstić information content (AvgIpc) is 2.30. The van der Waals surface area contributed by atoms with Crippen LogP contribution in [0.4, 0.5) is 0 Å². The molecule has 0 unspecified atom stereocenters. The highest BCUT2D eigenvalue weighted by Crippen LogP contribution is 2.06. The summed E-state index contributed by atoms with van der Waals surface area (Å²) in [5, 5.41) is 5.64. The highest BCUT2D eigenvalue weighted by atomic mass is 15.4. The number of rotatable bonds is 6. The van der Waals surface area contributed by atoms with Gasteiger partial charge in [0.15, 0.2) is 0 Å². The molecule has 0 aromatic rings. The first-order valence-electron chi connectivity index (χ1n) is 5.16. The van der Waals surface area contributed by atoms with Crippen molar-refractivity contribution in [1.29, 1.82) is 0 Å². The minimum atomic E-state index is 0.782. The van der Waals surface area contributed by atoms with Gasteiger partial charge in [-0.25, -0.2) is 0 Å². The van der Waals surface area contributed by atoms with Crippen molar-refractivity contribution in [3.63, 3.8) is 0 Å². The van der Waals surface area contributed by atoms with Gasteiger partial charge in [-0.05, 0) is 19.1 Å². The molecule has 0 aliphatic heterocycles. The Balaban J connectivity index is 0. The summed E-state index contributed by atoms with van der Waals surface area (Å²) in [5.41, 5.74) is 0.951. The first-order chi connectivity index (χ1) is 7.29. The maximum absolute atomic E-state index is 3.86. The van der Waals surface area contributed by atoms with Crippen LogP contribution in [0.2, 0.25) is 0 Å². The van der Waals surface area contributed by atoms with Crippen LogP contribution in [0.25, 0.3) is 0 Å². The van der Waals surface area contributed by atoms with Crippen LogP contribution in [-0.4, -0.2) is 18.3 Å². The molecular weight excluding hydrogens is 184 g/mol. The molecule has 0 rings (SSSR count). The summed E-state index contributed by atoms with van der Waals surface area (Å²) in [6.07, 6.45) is 9.07. The molecule has 0 saturated heterocycles. The van der Waals surface area contributed by atoms with Gasteiger partial charge >= 0.3 is 0 Å². The Bertz CT molecular complexity index is 237. The molecule has 0 heterocycles. The van der Waals surface area contributed by atoms with E-state index in [0.29, 0.717) is 0 Å². The summed E-state index contributed by atoms with van der Waals surface area (Å²) >= 11 is 0. The van der Waals surface area contributed by atoms with E-state index in [1.807, 2.05) is 39.0 Å². The van der Waals surface area contributed by atoms with E-state index in [9.17, 15) is 0 Å². The van der Waals surface area contributed by atoms with E-state index in [1.54, 1.807) is 17.2 Å². The summed E-state index contributed by atoms with van der Waals surface area (Å²) in [4.78, 5) is 0. The van der Waals surface area contributed by atoms with Crippen LogP contribution in [-0.2, 0) is 0 Å². The molecule has 2 nitrogen and oxygen atoms in total. The van der Waals surface area contributed by atoms with Crippen LogP contribution in [0.5, 0.6) is 0 Å². The van der Waals surface area contributed by atoms with Gasteiger partial charge in [-0.1, -0.05) is 45.2 Å². The third-order valence-corrected chi connectivity index (χ3v) is 1.46. The highest BCUT2D eigenvalue weighted by molar-refractivity contribution is 5.28. The number of hydrogen-bond acceptors (Lipinski definition) is 2. The van der Waals surface area contributed by atoms with Crippen molar-refractivity contribution in [3.05, 3.63) is 49.2 Å². The lowest BCUT2D eigenvalue weighted by Crippen LogP contribution is -2.13. The zero-order valence-electron chi connectivity index (χ0n) is 10.1. The fourth-order valence-electron chi connectivity index (χ4n) is 0.879. The lowest BCUT2D eigenvalue weighted by atomic mass is 10.3. The standard InChI is InChI=1S/C11H16N2.C2H6/c1-5-8-10-11(9-6-2)13(7-3)12-4;1-2/h5-6,8-10H,1-2,4,7H2,3H3;1-2H3/b10-8-,11-9+;. The number of hydrogen-bond donors (Lipinski definition) is 0. The molecule has 0 aliphatic carbocycles. The second-order valence-corrected chi connectivity index (χ2v) is 2.28. The van der Waals surface area contributed by atoms with Crippen molar-refractivity contribution in [2.75, 3.05) is 6.54 Å². The molecule has 0 fully saturated rings. The molecule has 0 atom stereocenters. The van der Waals surface area contributed by atoms with Crippen molar-refractivity contribution < 1.29 is 0 Å². The molecule has 0 aliphatic rings. The largest absolute Gasteiger partial charge is 0.266 e. The molecule has 15 heavy (non-hydrogen) atoms. The number of allylic oxidation sites excluding steroid dienone is 5. The maximum atomic E-state index is 3.86. The normalized spacial score (nSPS) is 10.2. The number of hydrazone groups is 1. The predicted octanol–water partition coefficient (Wildman–Crippen LogP) is 3.76. The minimum absolute atomic E-state index is 0.782. The maximum Gasteiger partial charge on any atom is 0.0593 e. The van der Waals surface area contributed by atoms with Crippen LogP contribution in [0.1, 0.15) is 20.8 Å². The third-order valence-electron chi connectivity index (χ3n) is 1.46. The van der Waals surface area contributed by atoms with Gasteiger partial charge in [0.1, 0.15) is 0 Å². The first-order valence-corrected chi connectivity index (χ1v) is 5.16. The zero-order valence-corrected chi connectivity index (χ0v) is 10.1. The Labute approximate surface area is 94.0 Å². The highest BCUT2D eigenvalue weighted by Gasteiger charge is 1.98. The predicted molar refractivity (Wildman–Crippen MR) is 70.9 cm³/mol. The van der Waals surface area contributed by atoms with Gasteiger partial charge in [0.05, 0.1) is 5.70 Å². The molecule has 0 saturated carbocycles. The van der Waals surface area contributed by atoms with Crippen molar-refractivity contribution in [2.45, 2.75) is 20.8 Å². The van der Waals surface area contributed by atoms with E-state index in [2.05, 4.69) is 25.0 Å². The third kappa shape index (κ3) is 7.50. The van der Waals surface area contributed by atoms with E-state index in [-0.39, 0.29) is 0 Å². The van der Waals surface area contributed by atoms with E-state index >= 15 is 0 Å². The van der Waals surface area contributed by atoms with Gasteiger partial charge in [0.25, 0.3) is 0 Å². The fourth-order valence-corrected chi connectivity index (χ4v) is 0.879. The number of nitrogens with zero attached hydrogens (tertiary/aromatic N) is 2. The summed E-state index contributed by atoms with van der Waals surface area (Å²) in [6, 6.07) is 0. The smallest absolute Gasteiger partial charge is 0.0593 e. The van der Waals surface area contributed by atoms with Crippen LogP contribution >= 0.6 is 0 Å². The van der Waals surface area contributed by atoms with Crippen LogP contribution < -0.4 is 0 Å². The lowest BCUT2D eigenvalue weighted by Gasteiger charge is -2.16. The molecule has 0 N–H and O–H groups in total. The van der Waals surface area contributed by atoms with Crippen LogP contribution in [0.15, 0.2) is 54.3 Å². The van der Waals surface area contributed by atoms with Gasteiger partial charge < -0.3 is 0 Å². The van der Waals surface area contributed by atoms with Crippen molar-refractivity contribution in [2.24, 2.45) is 5.10 Å². The Morgan fingerprint density at radius 2 is 1.87 bits per heavy atom. The van der Waals surface area contributed by atoms with Crippen molar-refractivity contribution in [3.8, 4) is 0 Å². The zero-order chi connectivity index (χ0) is 12.1. The van der Waals surface area contributed by atoms with E-state index in [4.69, 9.17) is 0 Å². The second kappa shape index (κ2) is 12.4. The summed E-state index contributed by atoms with van der Waals surface area (Å²) < 4.78 is 0. The SMILES string of the molecule is C=C/C=C\C(=C/C=C)N(CC)N=C.CC. The molecule has 0 aromatic heterocycles. The molecule has 0 amide bonds. The molecular formula is C13H22N2. The lowest BCUT2D eigenvalue weighted by molar-refractivity contribution is 0.401. The quantitative estimate of drug-likeness (QED) is 0.367. The van der Waals surface area contributed by atoms with Gasteiger partial charge in [-0.3, -0.25) is 5.01 Å². The van der Waals surface area contributed by atoms with Gasteiger partial charge in [-0.15, -0.1) is 0 Å². The number of likely N-dealkylation sites (N-methyl/N-ethyl adjacent to an activating group) is 1. The topological polar surface area (TPSA) is 15.6 Å². The van der Waals surface area contributed by atoms with Gasteiger partial charge in [-0.2, -0.15) is 5.10 Å². The Hall–Kier alpha value is -1.57. The van der Waals surface area contributed by atoms with E-state index in [1.165, 1.54) is 0 Å². The van der Waals surface area contributed by atoms with Gasteiger partial charge in [0, 0.05) is 13.3 Å². The first kappa shape index (κ1) is 15.9. The summed E-state index contributed by atoms with van der Waals surface area (Å²) in [7, 11) is 0. The second-order valence-electron chi connectivity index (χ2n) is 2.28. The monoisotopic (exact) mass is 206 g/mol. The van der Waals surface area contributed by atoms with E-state index < -0.39 is 0 Å².